The first kappa shape index (κ1) is 33.4. The van der Waals surface area contributed by atoms with Gasteiger partial charge in [-0.25, -0.2) is 4.98 Å². The van der Waals surface area contributed by atoms with Gasteiger partial charge < -0.3 is 4.57 Å². The average Bonchev–Trinajstić information content (AvgIpc) is 3.82. The van der Waals surface area contributed by atoms with Crippen LogP contribution in [0, 0.1) is 0 Å². The van der Waals surface area contributed by atoms with Crippen LogP contribution in [0.1, 0.15) is 15.9 Å². The van der Waals surface area contributed by atoms with E-state index in [1.54, 1.807) is 0 Å². The highest BCUT2D eigenvalue weighted by molar-refractivity contribution is 6.12. The van der Waals surface area contributed by atoms with Crippen molar-refractivity contribution in [2.45, 2.75) is 0 Å². The first-order valence-corrected chi connectivity index (χ1v) is 19.3. The molecule has 272 valence electrons. The third kappa shape index (κ3) is 5.58. The first-order valence-electron chi connectivity index (χ1n) is 19.3. The van der Waals surface area contributed by atoms with Crippen LogP contribution in [0.3, 0.4) is 0 Å². The summed E-state index contributed by atoms with van der Waals surface area (Å²) in [5.74, 6) is 1.56. The maximum absolute atomic E-state index is 13.3. The zero-order chi connectivity index (χ0) is 38.6. The van der Waals surface area contributed by atoms with Gasteiger partial charge in [-0.15, -0.1) is 0 Å². The van der Waals surface area contributed by atoms with Crippen LogP contribution < -0.4 is 0 Å². The van der Waals surface area contributed by atoms with Gasteiger partial charge in [0, 0.05) is 49.5 Å². The van der Waals surface area contributed by atoms with Crippen LogP contribution in [0.25, 0.3) is 89.2 Å². The van der Waals surface area contributed by atoms with E-state index >= 15 is 0 Å². The smallest absolute Gasteiger partial charge is 0.238 e. The Morgan fingerprint density at radius 2 is 0.828 bits per heavy atom. The Kier molecular flexibility index (Phi) is 7.86. The molecule has 58 heavy (non-hydrogen) atoms. The van der Waals surface area contributed by atoms with Crippen molar-refractivity contribution in [1.82, 2.24) is 24.1 Å². The number of carbonyl (C=O) groups excluding carboxylic acids is 1. The molecule has 0 bridgehead atoms. The van der Waals surface area contributed by atoms with Gasteiger partial charge in [-0.1, -0.05) is 158 Å². The summed E-state index contributed by atoms with van der Waals surface area (Å²) in [4.78, 5) is 28.6. The number of carbonyl (C=O) groups is 1. The number of fused-ring (bicyclic) bond motifs is 6. The number of aromatic nitrogens is 5. The minimum absolute atomic E-state index is 0.0318. The highest BCUT2D eigenvalue weighted by atomic mass is 16.1. The lowest BCUT2D eigenvalue weighted by Crippen LogP contribution is -2.06. The second kappa shape index (κ2) is 13.7. The number of benzene rings is 8. The van der Waals surface area contributed by atoms with Gasteiger partial charge >= 0.3 is 0 Å². The molecule has 0 radical (unpaired) electrons. The highest BCUT2D eigenvalue weighted by Crippen LogP contribution is 2.38. The normalized spacial score (nSPS) is 11.5. The number of nitrogens with zero attached hydrogens (tertiary/aromatic N) is 5. The zero-order valence-electron chi connectivity index (χ0n) is 31.2. The van der Waals surface area contributed by atoms with Gasteiger partial charge in [-0.2, -0.15) is 9.97 Å². The maximum atomic E-state index is 13.3. The van der Waals surface area contributed by atoms with Crippen LogP contribution in [0.4, 0.5) is 0 Å². The quantitative estimate of drug-likeness (QED) is 0.152. The van der Waals surface area contributed by atoms with E-state index in [1.807, 2.05) is 84.9 Å². The molecule has 11 aromatic rings. The molecule has 6 heteroatoms. The Labute approximate surface area is 334 Å². The third-order valence-corrected chi connectivity index (χ3v) is 11.0. The molecule has 0 N–H and O–H groups in total. The first-order chi connectivity index (χ1) is 28.7. The van der Waals surface area contributed by atoms with Crippen molar-refractivity contribution >= 4 is 49.4 Å². The molecule has 0 amide bonds. The number of rotatable bonds is 7. The summed E-state index contributed by atoms with van der Waals surface area (Å²) in [7, 11) is 0. The molecule has 3 heterocycles. The van der Waals surface area contributed by atoms with Crippen molar-refractivity contribution in [1.29, 1.82) is 0 Å². The topological polar surface area (TPSA) is 65.6 Å². The van der Waals surface area contributed by atoms with Gasteiger partial charge in [0.1, 0.15) is 0 Å². The molecule has 0 saturated carbocycles. The zero-order valence-corrected chi connectivity index (χ0v) is 31.2. The summed E-state index contributed by atoms with van der Waals surface area (Å²) in [5.41, 5.74) is 10.6. The number of para-hydroxylation sites is 3. The molecule has 0 atom stereocenters. The minimum Gasteiger partial charge on any atom is -0.309 e. The Hall–Kier alpha value is -7.96. The lowest BCUT2D eigenvalue weighted by molar-refractivity contribution is 0.103. The number of hydrogen-bond acceptors (Lipinski definition) is 4. The lowest BCUT2D eigenvalue weighted by atomic mass is 10.0. The summed E-state index contributed by atoms with van der Waals surface area (Å²) in [6.45, 7) is 0. The van der Waals surface area contributed by atoms with Crippen LogP contribution >= 0.6 is 0 Å². The summed E-state index contributed by atoms with van der Waals surface area (Å²) in [6, 6.07) is 67.8. The predicted octanol–water partition coefficient (Wildman–Crippen LogP) is 12.3. The summed E-state index contributed by atoms with van der Waals surface area (Å²) >= 11 is 0. The minimum atomic E-state index is -0.0318. The van der Waals surface area contributed by atoms with Crippen LogP contribution in [0.5, 0.6) is 0 Å². The molecule has 0 aliphatic heterocycles. The monoisotopic (exact) mass is 743 g/mol. The second-order valence-corrected chi connectivity index (χ2v) is 14.4. The SMILES string of the molecule is O=C(c1ccccc1)c1ccc(-c2nc(-c3ccccc3)nc(-n3c4ccccc4c4ccc(-c5ccc6c(c5)c5ccccc5n6-c5ccccc5)cc43)n2)cc1. The van der Waals surface area contributed by atoms with E-state index in [2.05, 4.69) is 124 Å². The molecular formula is C52H33N5O. The molecule has 11 rings (SSSR count). The molecule has 0 unspecified atom stereocenters. The average molecular weight is 744 g/mol. The van der Waals surface area contributed by atoms with Crippen molar-refractivity contribution in [3.8, 4) is 45.5 Å². The van der Waals surface area contributed by atoms with E-state index in [0.29, 0.717) is 28.7 Å². The Morgan fingerprint density at radius 1 is 0.345 bits per heavy atom. The molecular weight excluding hydrogens is 711 g/mol. The van der Waals surface area contributed by atoms with Crippen molar-refractivity contribution in [3.63, 3.8) is 0 Å². The molecule has 0 fully saturated rings. The van der Waals surface area contributed by atoms with Crippen molar-refractivity contribution in [2.75, 3.05) is 0 Å². The van der Waals surface area contributed by atoms with Crippen LogP contribution in [-0.4, -0.2) is 29.9 Å². The van der Waals surface area contributed by atoms with E-state index in [0.717, 1.165) is 55.3 Å². The van der Waals surface area contributed by atoms with E-state index in [-0.39, 0.29) is 5.78 Å². The second-order valence-electron chi connectivity index (χ2n) is 14.4. The van der Waals surface area contributed by atoms with Crippen LogP contribution in [-0.2, 0) is 0 Å². The van der Waals surface area contributed by atoms with E-state index in [9.17, 15) is 4.79 Å². The Bertz CT molecular complexity index is 3330. The number of hydrogen-bond donors (Lipinski definition) is 0. The molecule has 0 saturated heterocycles. The van der Waals surface area contributed by atoms with Crippen LogP contribution in [0.2, 0.25) is 0 Å². The van der Waals surface area contributed by atoms with Gasteiger partial charge in [0.15, 0.2) is 17.4 Å². The van der Waals surface area contributed by atoms with Crippen LogP contribution in [0.15, 0.2) is 200 Å². The van der Waals surface area contributed by atoms with Crippen molar-refractivity contribution in [3.05, 3.63) is 211 Å². The van der Waals surface area contributed by atoms with Gasteiger partial charge in [0.25, 0.3) is 0 Å². The third-order valence-electron chi connectivity index (χ3n) is 11.0. The van der Waals surface area contributed by atoms with Gasteiger partial charge in [-0.05, 0) is 53.6 Å². The fourth-order valence-corrected chi connectivity index (χ4v) is 8.21. The number of ketones is 1. The summed E-state index contributed by atoms with van der Waals surface area (Å²) in [5, 5.41) is 4.62. The highest BCUT2D eigenvalue weighted by Gasteiger charge is 2.20. The summed E-state index contributed by atoms with van der Waals surface area (Å²) in [6.07, 6.45) is 0. The maximum Gasteiger partial charge on any atom is 0.238 e. The van der Waals surface area contributed by atoms with Crippen molar-refractivity contribution in [2.24, 2.45) is 0 Å². The van der Waals surface area contributed by atoms with E-state index < -0.39 is 0 Å². The summed E-state index contributed by atoms with van der Waals surface area (Å²) < 4.78 is 4.49. The Balaban J connectivity index is 1.08. The fourth-order valence-electron chi connectivity index (χ4n) is 8.21. The molecule has 0 aliphatic carbocycles. The van der Waals surface area contributed by atoms with Gasteiger partial charge in [-0.3, -0.25) is 9.36 Å². The van der Waals surface area contributed by atoms with Gasteiger partial charge in [0.2, 0.25) is 5.95 Å². The lowest BCUT2D eigenvalue weighted by Gasteiger charge is -2.12. The fraction of sp³-hybridized carbons (Fsp3) is 0. The standard InChI is InChI=1S/C52H33N5O/c58-49(34-14-4-1-5-15-34)35-24-26-37(27-25-35)51-53-50(36-16-6-2-7-17-36)54-52(55-51)57-46-23-13-10-20-41(46)43-30-28-39(33-48(43)57)38-29-31-47-44(32-38)42-21-11-12-22-45(42)56(47)40-18-8-3-9-19-40/h1-33H. The largest absolute Gasteiger partial charge is 0.309 e. The van der Waals surface area contributed by atoms with E-state index in [4.69, 9.17) is 15.0 Å². The molecule has 0 spiro atoms. The van der Waals surface area contributed by atoms with Crippen molar-refractivity contribution < 1.29 is 4.79 Å². The Morgan fingerprint density at radius 3 is 1.53 bits per heavy atom. The molecule has 0 aliphatic rings. The molecule has 8 aromatic carbocycles. The molecule has 3 aromatic heterocycles. The van der Waals surface area contributed by atoms with Gasteiger partial charge in [0.05, 0.1) is 22.1 Å². The molecule has 6 nitrogen and oxygen atoms in total. The van der Waals surface area contributed by atoms with E-state index in [1.165, 1.54) is 16.3 Å². The predicted molar refractivity (Wildman–Crippen MR) is 235 cm³/mol.